The van der Waals surface area contributed by atoms with Crippen LogP contribution in [0.25, 0.3) is 6.08 Å². The molecule has 16 heavy (non-hydrogen) atoms. The number of hydrogen-bond acceptors (Lipinski definition) is 3. The quantitative estimate of drug-likeness (QED) is 0.779. The van der Waals surface area contributed by atoms with E-state index < -0.39 is 0 Å². The monoisotopic (exact) mass is 286 g/mol. The average Bonchev–Trinajstić information content (AvgIpc) is 2.35. The SMILES string of the molecule is COc1cc(OC)c(OC)cc1C=CCBr. The molecule has 0 unspecified atom stereocenters. The lowest BCUT2D eigenvalue weighted by Gasteiger charge is -2.11. The zero-order chi connectivity index (χ0) is 12.0. The van der Waals surface area contributed by atoms with Crippen molar-refractivity contribution in [3.8, 4) is 17.2 Å². The summed E-state index contributed by atoms with van der Waals surface area (Å²) in [6, 6.07) is 3.70. The maximum absolute atomic E-state index is 5.28. The molecule has 0 radical (unpaired) electrons. The highest BCUT2D eigenvalue weighted by atomic mass is 79.9. The molecule has 0 saturated heterocycles. The number of rotatable bonds is 5. The van der Waals surface area contributed by atoms with Gasteiger partial charge >= 0.3 is 0 Å². The molecule has 0 N–H and O–H groups in total. The maximum Gasteiger partial charge on any atom is 0.164 e. The summed E-state index contributed by atoms with van der Waals surface area (Å²) in [6.07, 6.45) is 3.96. The van der Waals surface area contributed by atoms with Gasteiger partial charge in [-0.05, 0) is 6.07 Å². The van der Waals surface area contributed by atoms with Gasteiger partial charge in [0.25, 0.3) is 0 Å². The Bertz CT molecular complexity index is 375. The van der Waals surface area contributed by atoms with Crippen molar-refractivity contribution in [2.24, 2.45) is 0 Å². The summed E-state index contributed by atoms with van der Waals surface area (Å²) in [5.74, 6) is 2.11. The van der Waals surface area contributed by atoms with Gasteiger partial charge in [0.05, 0.1) is 21.3 Å². The van der Waals surface area contributed by atoms with Crippen LogP contribution in [0.15, 0.2) is 18.2 Å². The molecule has 3 nitrogen and oxygen atoms in total. The zero-order valence-corrected chi connectivity index (χ0v) is 11.2. The molecular weight excluding hydrogens is 272 g/mol. The van der Waals surface area contributed by atoms with Gasteiger partial charge in [-0.15, -0.1) is 0 Å². The number of alkyl halides is 1. The summed E-state index contributed by atoms with van der Waals surface area (Å²) >= 11 is 3.33. The van der Waals surface area contributed by atoms with E-state index in [4.69, 9.17) is 14.2 Å². The van der Waals surface area contributed by atoms with E-state index in [9.17, 15) is 0 Å². The largest absolute Gasteiger partial charge is 0.496 e. The molecule has 4 heteroatoms. The molecule has 0 atom stereocenters. The fraction of sp³-hybridized carbons (Fsp3) is 0.333. The highest BCUT2D eigenvalue weighted by Crippen LogP contribution is 2.35. The Morgan fingerprint density at radius 2 is 1.56 bits per heavy atom. The van der Waals surface area contributed by atoms with Gasteiger partial charge in [0, 0.05) is 17.0 Å². The second kappa shape index (κ2) is 6.43. The van der Waals surface area contributed by atoms with Gasteiger partial charge in [0.2, 0.25) is 0 Å². The Kier molecular flexibility index (Phi) is 5.19. The fourth-order valence-electron chi connectivity index (χ4n) is 1.35. The number of allylic oxidation sites excluding steroid dienone is 1. The topological polar surface area (TPSA) is 27.7 Å². The van der Waals surface area contributed by atoms with Crippen molar-refractivity contribution in [3.63, 3.8) is 0 Å². The van der Waals surface area contributed by atoms with Crippen LogP contribution in [0.1, 0.15) is 5.56 Å². The van der Waals surface area contributed by atoms with Crippen molar-refractivity contribution < 1.29 is 14.2 Å². The normalized spacial score (nSPS) is 10.5. The number of hydrogen-bond donors (Lipinski definition) is 0. The summed E-state index contributed by atoms with van der Waals surface area (Å²) in [7, 11) is 4.85. The van der Waals surface area contributed by atoms with E-state index in [1.54, 1.807) is 21.3 Å². The molecule has 0 saturated carbocycles. The minimum Gasteiger partial charge on any atom is -0.496 e. The third kappa shape index (κ3) is 2.92. The summed E-state index contributed by atoms with van der Waals surface area (Å²) in [5.41, 5.74) is 0.958. The van der Waals surface area contributed by atoms with E-state index >= 15 is 0 Å². The van der Waals surface area contributed by atoms with Crippen LogP contribution in [0.3, 0.4) is 0 Å². The molecule has 0 aliphatic heterocycles. The highest BCUT2D eigenvalue weighted by Gasteiger charge is 2.09. The molecule has 0 bridgehead atoms. The molecule has 1 aromatic rings. The number of ether oxygens (including phenoxy) is 3. The lowest BCUT2D eigenvalue weighted by Crippen LogP contribution is -1.94. The van der Waals surface area contributed by atoms with Crippen LogP contribution in [-0.4, -0.2) is 26.7 Å². The van der Waals surface area contributed by atoms with E-state index in [1.807, 2.05) is 24.3 Å². The van der Waals surface area contributed by atoms with Gasteiger partial charge in [-0.1, -0.05) is 28.1 Å². The van der Waals surface area contributed by atoms with Gasteiger partial charge < -0.3 is 14.2 Å². The molecule has 0 aliphatic carbocycles. The van der Waals surface area contributed by atoms with Crippen LogP contribution in [-0.2, 0) is 0 Å². The van der Waals surface area contributed by atoms with E-state index in [2.05, 4.69) is 15.9 Å². The number of benzene rings is 1. The fourth-order valence-corrected chi connectivity index (χ4v) is 1.54. The maximum atomic E-state index is 5.28. The Hall–Kier alpha value is -1.16. The number of methoxy groups -OCH3 is 3. The minimum atomic E-state index is 0.662. The lowest BCUT2D eigenvalue weighted by molar-refractivity contribution is 0.348. The van der Waals surface area contributed by atoms with Crippen LogP contribution in [0, 0.1) is 0 Å². The first-order chi connectivity index (χ1) is 7.76. The highest BCUT2D eigenvalue weighted by molar-refractivity contribution is 9.09. The van der Waals surface area contributed by atoms with Gasteiger partial charge in [-0.3, -0.25) is 0 Å². The predicted molar refractivity (Wildman–Crippen MR) is 68.9 cm³/mol. The van der Waals surface area contributed by atoms with Crippen LogP contribution < -0.4 is 14.2 Å². The smallest absolute Gasteiger partial charge is 0.164 e. The Balaban J connectivity index is 3.20. The van der Waals surface area contributed by atoms with Crippen molar-refractivity contribution in [1.82, 2.24) is 0 Å². The number of halogens is 1. The van der Waals surface area contributed by atoms with E-state index in [-0.39, 0.29) is 0 Å². The van der Waals surface area contributed by atoms with Gasteiger partial charge in [-0.2, -0.15) is 0 Å². The molecule has 0 aliphatic rings. The molecule has 0 fully saturated rings. The molecular formula is C12H15BrO3. The summed E-state index contributed by atoms with van der Waals surface area (Å²) < 4.78 is 15.7. The standard InChI is InChI=1S/C12H15BrO3/c1-14-10-8-12(16-3)11(15-2)7-9(10)5-4-6-13/h4-5,7-8H,6H2,1-3H3. The molecule has 1 aromatic carbocycles. The lowest BCUT2D eigenvalue weighted by atomic mass is 10.1. The van der Waals surface area contributed by atoms with Crippen molar-refractivity contribution in [2.75, 3.05) is 26.7 Å². The van der Waals surface area contributed by atoms with Crippen LogP contribution in [0.2, 0.25) is 0 Å². The van der Waals surface area contributed by atoms with Gasteiger partial charge in [-0.25, -0.2) is 0 Å². The predicted octanol–water partition coefficient (Wildman–Crippen LogP) is 3.12. The Labute approximate surface area is 104 Å². The summed E-state index contributed by atoms with van der Waals surface area (Å²) in [5, 5.41) is 0.796. The minimum absolute atomic E-state index is 0.662. The second-order valence-corrected chi connectivity index (χ2v) is 3.65. The van der Waals surface area contributed by atoms with Crippen molar-refractivity contribution >= 4 is 22.0 Å². The van der Waals surface area contributed by atoms with Gasteiger partial charge in [0.15, 0.2) is 11.5 Å². The molecule has 0 spiro atoms. The van der Waals surface area contributed by atoms with Crippen molar-refractivity contribution in [1.29, 1.82) is 0 Å². The van der Waals surface area contributed by atoms with E-state index in [1.165, 1.54) is 0 Å². The third-order valence-corrected chi connectivity index (χ3v) is 2.50. The Morgan fingerprint density at radius 3 is 2.06 bits per heavy atom. The summed E-state index contributed by atoms with van der Waals surface area (Å²) in [4.78, 5) is 0. The van der Waals surface area contributed by atoms with E-state index in [0.29, 0.717) is 11.5 Å². The van der Waals surface area contributed by atoms with Crippen LogP contribution in [0.4, 0.5) is 0 Å². The molecule has 1 rings (SSSR count). The third-order valence-electron chi connectivity index (χ3n) is 2.12. The van der Waals surface area contributed by atoms with Gasteiger partial charge in [0.1, 0.15) is 5.75 Å². The molecule has 88 valence electrons. The van der Waals surface area contributed by atoms with Crippen LogP contribution in [0.5, 0.6) is 17.2 Å². The molecule has 0 heterocycles. The molecule has 0 amide bonds. The Morgan fingerprint density at radius 1 is 1.00 bits per heavy atom. The van der Waals surface area contributed by atoms with Crippen molar-refractivity contribution in [2.45, 2.75) is 0 Å². The van der Waals surface area contributed by atoms with Crippen LogP contribution >= 0.6 is 15.9 Å². The van der Waals surface area contributed by atoms with Crippen molar-refractivity contribution in [3.05, 3.63) is 23.8 Å². The second-order valence-electron chi connectivity index (χ2n) is 3.01. The zero-order valence-electron chi connectivity index (χ0n) is 9.62. The summed E-state index contributed by atoms with van der Waals surface area (Å²) in [6.45, 7) is 0. The first kappa shape index (κ1) is 12.9. The molecule has 0 aromatic heterocycles. The first-order valence-corrected chi connectivity index (χ1v) is 5.91. The van der Waals surface area contributed by atoms with E-state index in [0.717, 1.165) is 16.6 Å². The first-order valence-electron chi connectivity index (χ1n) is 4.79. The average molecular weight is 287 g/mol.